The van der Waals surface area contributed by atoms with E-state index in [-0.39, 0.29) is 39.5 Å². The number of likely N-dealkylation sites (tertiary alicyclic amines) is 1. The maximum absolute atomic E-state index is 13.6. The van der Waals surface area contributed by atoms with Crippen molar-refractivity contribution in [2.24, 2.45) is 13.0 Å². The van der Waals surface area contributed by atoms with Crippen LogP contribution in [0.15, 0.2) is 17.0 Å². The Morgan fingerprint density at radius 1 is 1.14 bits per heavy atom. The lowest BCUT2D eigenvalue weighted by Gasteiger charge is -2.43. The van der Waals surface area contributed by atoms with E-state index in [1.165, 1.54) is 6.07 Å². The summed E-state index contributed by atoms with van der Waals surface area (Å²) in [5.41, 5.74) is 0.366. The Morgan fingerprint density at radius 2 is 1.86 bits per heavy atom. The van der Waals surface area contributed by atoms with Gasteiger partial charge in [0.1, 0.15) is 5.69 Å². The van der Waals surface area contributed by atoms with Crippen molar-refractivity contribution in [3.05, 3.63) is 28.6 Å². The monoisotopic (exact) mass is 631 g/mol. The topological polar surface area (TPSA) is 121 Å². The number of anilines is 1. The van der Waals surface area contributed by atoms with Gasteiger partial charge in [-0.1, -0.05) is 11.3 Å². The van der Waals surface area contributed by atoms with Gasteiger partial charge in [-0.15, -0.1) is 14.9 Å². The van der Waals surface area contributed by atoms with Crippen molar-refractivity contribution in [2.75, 3.05) is 38.1 Å². The van der Waals surface area contributed by atoms with Crippen molar-refractivity contribution in [2.45, 2.75) is 61.2 Å². The SMILES string of the molecule is [C-]#[N+]C1(NS(=O)(=O)c2cc(N3CC4CCC(C3)N4C(=O)C3CCN(C)C3)c3c(c2)c(-c2nnc(C(F)F)s2)nn3C)CC1. The highest BCUT2D eigenvalue weighted by atomic mass is 32.2. The van der Waals surface area contributed by atoms with Crippen molar-refractivity contribution in [1.29, 1.82) is 0 Å². The Hall–Kier alpha value is -3.26. The second-order valence-electron chi connectivity index (χ2n) is 12.1. The maximum atomic E-state index is 13.6. The summed E-state index contributed by atoms with van der Waals surface area (Å²) in [4.78, 5) is 23.4. The molecule has 3 atom stereocenters. The molecule has 3 saturated heterocycles. The lowest BCUT2D eigenvalue weighted by molar-refractivity contribution is -0.138. The van der Waals surface area contributed by atoms with E-state index in [4.69, 9.17) is 6.57 Å². The van der Waals surface area contributed by atoms with Crippen LogP contribution < -0.4 is 9.62 Å². The van der Waals surface area contributed by atoms with Crippen LogP contribution in [0.1, 0.15) is 43.5 Å². The molecular formula is C27H31F2N9O3S2. The zero-order chi connectivity index (χ0) is 30.3. The van der Waals surface area contributed by atoms with Gasteiger partial charge in [0.15, 0.2) is 10.0 Å². The smallest absolute Gasteiger partial charge is 0.299 e. The zero-order valence-corrected chi connectivity index (χ0v) is 25.3. The van der Waals surface area contributed by atoms with Crippen molar-refractivity contribution >= 4 is 43.9 Å². The summed E-state index contributed by atoms with van der Waals surface area (Å²) in [5, 5.41) is 12.3. The summed E-state index contributed by atoms with van der Waals surface area (Å²) >= 11 is 0.713. The number of sulfonamides is 1. The lowest BCUT2D eigenvalue weighted by atomic mass is 10.0. The van der Waals surface area contributed by atoms with E-state index in [9.17, 15) is 22.0 Å². The molecule has 3 aromatic rings. The van der Waals surface area contributed by atoms with E-state index in [0.29, 0.717) is 53.9 Å². The van der Waals surface area contributed by atoms with Crippen molar-refractivity contribution in [1.82, 2.24) is 34.5 Å². The first-order chi connectivity index (χ1) is 20.5. The number of fused-ring (bicyclic) bond motifs is 3. The summed E-state index contributed by atoms with van der Waals surface area (Å²) in [6, 6.07) is 3.06. The average molecular weight is 632 g/mol. The number of carbonyl (C=O) groups is 1. The number of nitrogens with zero attached hydrogens (tertiary/aromatic N) is 8. The molecule has 16 heteroatoms. The van der Waals surface area contributed by atoms with E-state index in [2.05, 4.69) is 39.6 Å². The Kier molecular flexibility index (Phi) is 6.73. The fraction of sp³-hybridized carbons (Fsp3) is 0.593. The molecule has 1 amide bonds. The number of alkyl halides is 2. The van der Waals surface area contributed by atoms with Crippen LogP contribution in [-0.2, 0) is 21.9 Å². The molecule has 1 aromatic carbocycles. The number of hydrogen-bond donors (Lipinski definition) is 1. The fourth-order valence-electron chi connectivity index (χ4n) is 6.81. The van der Waals surface area contributed by atoms with E-state index in [1.54, 1.807) is 17.8 Å². The summed E-state index contributed by atoms with van der Waals surface area (Å²) in [6.45, 7) is 10.2. The third-order valence-electron chi connectivity index (χ3n) is 9.11. The van der Waals surface area contributed by atoms with Gasteiger partial charge in [-0.25, -0.2) is 23.8 Å². The number of amides is 1. The van der Waals surface area contributed by atoms with Gasteiger partial charge in [0.25, 0.3) is 12.1 Å². The predicted octanol–water partition coefficient (Wildman–Crippen LogP) is 2.85. The van der Waals surface area contributed by atoms with Crippen LogP contribution in [0.2, 0.25) is 0 Å². The van der Waals surface area contributed by atoms with Crippen LogP contribution in [0, 0.1) is 12.5 Å². The molecule has 228 valence electrons. The average Bonchev–Trinajstić information content (AvgIpc) is 3.32. The molecule has 2 aromatic heterocycles. The van der Waals surface area contributed by atoms with E-state index >= 15 is 0 Å². The predicted molar refractivity (Wildman–Crippen MR) is 155 cm³/mol. The molecule has 43 heavy (non-hydrogen) atoms. The molecule has 1 aliphatic carbocycles. The van der Waals surface area contributed by atoms with Crippen molar-refractivity contribution < 1.29 is 22.0 Å². The highest BCUT2D eigenvalue weighted by molar-refractivity contribution is 7.89. The number of aryl methyl sites for hydroxylation is 1. The van der Waals surface area contributed by atoms with E-state index in [1.807, 2.05) is 7.05 Å². The van der Waals surface area contributed by atoms with Crippen molar-refractivity contribution in [3.63, 3.8) is 0 Å². The molecule has 2 bridgehead atoms. The highest BCUT2D eigenvalue weighted by Gasteiger charge is 2.54. The minimum Gasteiger partial charge on any atom is -0.366 e. The first-order valence-corrected chi connectivity index (χ1v) is 16.6. The minimum absolute atomic E-state index is 0.00670. The fourth-order valence-corrected chi connectivity index (χ4v) is 8.92. The maximum Gasteiger partial charge on any atom is 0.299 e. The number of aromatic nitrogens is 4. The van der Waals surface area contributed by atoms with Gasteiger partial charge in [-0.05, 0) is 45.0 Å². The van der Waals surface area contributed by atoms with Crippen LogP contribution in [-0.4, -0.2) is 95.1 Å². The Balaban J connectivity index is 1.30. The van der Waals surface area contributed by atoms with Gasteiger partial charge in [-0.2, -0.15) is 5.10 Å². The number of nitrogens with one attached hydrogen (secondary N) is 1. The van der Waals surface area contributed by atoms with Crippen molar-refractivity contribution in [3.8, 4) is 10.7 Å². The van der Waals surface area contributed by atoms with E-state index < -0.39 is 27.1 Å². The minimum atomic E-state index is -4.12. The largest absolute Gasteiger partial charge is 0.366 e. The summed E-state index contributed by atoms with van der Waals surface area (Å²) in [7, 11) is -0.367. The van der Waals surface area contributed by atoms with Gasteiger partial charge in [0, 0.05) is 44.2 Å². The molecule has 0 radical (unpaired) electrons. The standard InChI is InChI=1S/C27H31F2N9O3S2/c1-30-27(7-8-27)34-43(40,41)18-10-19-21(24-31-32-25(42-24)23(28)29)33-36(3)22(19)20(11-18)37-13-16-4-5-17(14-37)38(16)26(39)15-6-9-35(2)12-15/h10-11,15-17,23,34H,4-9,12-14H2,2-3H3. The normalized spacial score (nSPS) is 25.2. The van der Waals surface area contributed by atoms with Crippen LogP contribution in [0.25, 0.3) is 26.4 Å². The molecule has 7 rings (SSSR count). The molecule has 0 spiro atoms. The number of hydrogen-bond acceptors (Lipinski definition) is 9. The van der Waals surface area contributed by atoms with Crippen LogP contribution in [0.3, 0.4) is 0 Å². The van der Waals surface area contributed by atoms with Crippen LogP contribution in [0.4, 0.5) is 14.5 Å². The summed E-state index contributed by atoms with van der Waals surface area (Å²) in [5.74, 6) is 0.192. The van der Waals surface area contributed by atoms with Gasteiger partial charge < -0.3 is 14.7 Å². The lowest BCUT2D eigenvalue weighted by Crippen LogP contribution is -2.57. The number of halogens is 2. The van der Waals surface area contributed by atoms with Gasteiger partial charge in [-0.3, -0.25) is 14.3 Å². The zero-order valence-electron chi connectivity index (χ0n) is 23.7. The number of piperazine rings is 1. The third kappa shape index (κ3) is 4.86. The van der Waals surface area contributed by atoms with Gasteiger partial charge >= 0.3 is 0 Å². The highest BCUT2D eigenvalue weighted by Crippen LogP contribution is 2.43. The molecule has 1 N–H and O–H groups in total. The van der Waals surface area contributed by atoms with Crippen LogP contribution in [0.5, 0.6) is 0 Å². The molecule has 3 aliphatic heterocycles. The molecule has 5 heterocycles. The quantitative estimate of drug-likeness (QED) is 0.396. The Morgan fingerprint density at radius 3 is 2.44 bits per heavy atom. The number of rotatable bonds is 7. The number of benzene rings is 1. The summed E-state index contributed by atoms with van der Waals surface area (Å²) < 4.78 is 58.2. The molecule has 3 unspecified atom stereocenters. The molecule has 4 aliphatic rings. The molecular weight excluding hydrogens is 600 g/mol. The Bertz CT molecular complexity index is 1750. The van der Waals surface area contributed by atoms with Gasteiger partial charge in [0.05, 0.1) is 34.9 Å². The van der Waals surface area contributed by atoms with Gasteiger partial charge in [0.2, 0.25) is 15.9 Å². The summed E-state index contributed by atoms with van der Waals surface area (Å²) in [6.07, 6.45) is 0.651. The molecule has 4 fully saturated rings. The number of carbonyl (C=O) groups excluding carboxylic acids is 1. The molecule has 1 saturated carbocycles. The first-order valence-electron chi connectivity index (χ1n) is 14.3. The first kappa shape index (κ1) is 28.5. The second kappa shape index (κ2) is 10.1. The second-order valence-corrected chi connectivity index (χ2v) is 14.8. The van der Waals surface area contributed by atoms with E-state index in [0.717, 1.165) is 32.4 Å². The molecule has 12 nitrogen and oxygen atoms in total. The van der Waals surface area contributed by atoms with Crippen LogP contribution >= 0.6 is 11.3 Å². The third-order valence-corrected chi connectivity index (χ3v) is 11.6. The Labute approximate surface area is 251 Å².